The molecule has 1 aliphatic heterocycles. The van der Waals surface area contributed by atoms with Crippen molar-refractivity contribution in [3.8, 4) is 0 Å². The van der Waals surface area contributed by atoms with Crippen molar-refractivity contribution in [2.45, 2.75) is 33.4 Å². The van der Waals surface area contributed by atoms with Crippen LogP contribution in [-0.4, -0.2) is 46.3 Å². The van der Waals surface area contributed by atoms with Gasteiger partial charge in [0.25, 0.3) is 5.56 Å². The van der Waals surface area contributed by atoms with Gasteiger partial charge in [0.15, 0.2) is 0 Å². The van der Waals surface area contributed by atoms with E-state index in [-0.39, 0.29) is 24.1 Å². The summed E-state index contributed by atoms with van der Waals surface area (Å²) in [6.07, 6.45) is 0. The molecule has 7 heteroatoms. The van der Waals surface area contributed by atoms with Crippen LogP contribution in [0.1, 0.15) is 18.2 Å². The maximum absolute atomic E-state index is 13.2. The summed E-state index contributed by atoms with van der Waals surface area (Å²) in [5, 5.41) is 6.08. The first-order valence-electron chi connectivity index (χ1n) is 10.9. The van der Waals surface area contributed by atoms with E-state index in [1.807, 2.05) is 36.1 Å². The molecule has 164 valence electrons. The van der Waals surface area contributed by atoms with Crippen molar-refractivity contribution in [2.75, 3.05) is 24.5 Å². The molecule has 3 heterocycles. The Balaban J connectivity index is 1.38. The molecule has 0 aliphatic carbocycles. The van der Waals surface area contributed by atoms with E-state index in [0.29, 0.717) is 18.5 Å². The minimum absolute atomic E-state index is 0.0308. The molecule has 2 aromatic carbocycles. The molecule has 32 heavy (non-hydrogen) atoms. The van der Waals surface area contributed by atoms with Gasteiger partial charge in [-0.1, -0.05) is 30.3 Å². The second-order valence-electron chi connectivity index (χ2n) is 8.57. The lowest BCUT2D eigenvalue weighted by atomic mass is 10.1. The zero-order valence-electron chi connectivity index (χ0n) is 18.5. The third-order valence-electron chi connectivity index (χ3n) is 6.24. The van der Waals surface area contributed by atoms with Crippen molar-refractivity contribution < 1.29 is 4.79 Å². The van der Waals surface area contributed by atoms with E-state index in [4.69, 9.17) is 0 Å². The fraction of sp³-hybridized carbons (Fsp3) is 0.320. The number of hydrogen-bond acceptors (Lipinski definition) is 5. The van der Waals surface area contributed by atoms with E-state index in [0.717, 1.165) is 27.0 Å². The summed E-state index contributed by atoms with van der Waals surface area (Å²) >= 11 is 1.58. The second kappa shape index (κ2) is 8.06. The van der Waals surface area contributed by atoms with Gasteiger partial charge in [-0.3, -0.25) is 9.59 Å². The Kier molecular flexibility index (Phi) is 5.21. The summed E-state index contributed by atoms with van der Waals surface area (Å²) in [6.45, 7) is 8.14. The number of aromatic nitrogens is 2. The highest BCUT2D eigenvalue weighted by Crippen LogP contribution is 2.32. The Bertz CT molecular complexity index is 1390. The normalized spacial score (nSPS) is 16.8. The number of carbonyl (C=O) groups is 1. The third-order valence-corrected chi connectivity index (χ3v) is 7.52. The van der Waals surface area contributed by atoms with Gasteiger partial charge in [0.2, 0.25) is 5.91 Å². The van der Waals surface area contributed by atoms with Crippen LogP contribution in [0.4, 0.5) is 5.69 Å². The minimum Gasteiger partial charge on any atom is -0.365 e. The number of hydrogen-bond donors (Lipinski definition) is 0. The molecule has 0 saturated carbocycles. The quantitative estimate of drug-likeness (QED) is 0.478. The van der Waals surface area contributed by atoms with Gasteiger partial charge in [0.1, 0.15) is 6.54 Å². The molecule has 4 aromatic rings. The van der Waals surface area contributed by atoms with E-state index in [9.17, 15) is 9.59 Å². The lowest BCUT2D eigenvalue weighted by Gasteiger charge is -2.41. The van der Waals surface area contributed by atoms with E-state index < -0.39 is 0 Å². The number of fused-ring (bicyclic) bond motifs is 3. The predicted molar refractivity (Wildman–Crippen MR) is 131 cm³/mol. The SMILES string of the molecule is Cc1cccc(N2CCN(C(=O)Cn3nc(C)c4sc5ccccc5c4c3=O)CC2C)c1. The summed E-state index contributed by atoms with van der Waals surface area (Å²) in [4.78, 5) is 30.6. The number of anilines is 1. The Labute approximate surface area is 190 Å². The lowest BCUT2D eigenvalue weighted by Crippen LogP contribution is -2.54. The van der Waals surface area contributed by atoms with Crippen molar-refractivity contribution in [2.24, 2.45) is 0 Å². The molecule has 1 atom stereocenters. The average molecular weight is 447 g/mol. The molecule has 0 spiro atoms. The number of amides is 1. The minimum atomic E-state index is -0.192. The zero-order valence-corrected chi connectivity index (χ0v) is 19.4. The number of rotatable bonds is 3. The van der Waals surface area contributed by atoms with Crippen molar-refractivity contribution in [3.63, 3.8) is 0 Å². The number of aryl methyl sites for hydroxylation is 2. The van der Waals surface area contributed by atoms with Crippen LogP contribution in [0.3, 0.4) is 0 Å². The molecule has 0 bridgehead atoms. The average Bonchev–Trinajstić information content (AvgIpc) is 3.17. The van der Waals surface area contributed by atoms with Gasteiger partial charge in [-0.05, 0) is 44.5 Å². The first kappa shape index (κ1) is 20.7. The van der Waals surface area contributed by atoms with E-state index in [1.54, 1.807) is 11.3 Å². The fourth-order valence-electron chi connectivity index (χ4n) is 4.62. The smallest absolute Gasteiger partial charge is 0.276 e. The number of thiophene rings is 1. The summed E-state index contributed by atoms with van der Waals surface area (Å²) in [5.74, 6) is -0.0615. The fourth-order valence-corrected chi connectivity index (χ4v) is 5.76. The summed E-state index contributed by atoms with van der Waals surface area (Å²) < 4.78 is 3.31. The van der Waals surface area contributed by atoms with Crippen LogP contribution in [0, 0.1) is 13.8 Å². The third kappa shape index (κ3) is 3.56. The molecule has 0 N–H and O–H groups in total. The molecule has 1 unspecified atom stereocenters. The van der Waals surface area contributed by atoms with Crippen LogP contribution in [0.15, 0.2) is 53.3 Å². The van der Waals surface area contributed by atoms with E-state index >= 15 is 0 Å². The number of carbonyl (C=O) groups excluding carboxylic acids is 1. The van der Waals surface area contributed by atoms with Crippen LogP contribution in [0.5, 0.6) is 0 Å². The van der Waals surface area contributed by atoms with Gasteiger partial charge < -0.3 is 9.80 Å². The molecule has 5 rings (SSSR count). The highest BCUT2D eigenvalue weighted by molar-refractivity contribution is 7.26. The maximum atomic E-state index is 13.2. The Hall–Kier alpha value is -3.19. The largest absolute Gasteiger partial charge is 0.365 e. The number of benzene rings is 2. The molecule has 2 aromatic heterocycles. The van der Waals surface area contributed by atoms with Gasteiger partial charge in [-0.15, -0.1) is 11.3 Å². The van der Waals surface area contributed by atoms with Crippen molar-refractivity contribution in [1.29, 1.82) is 0 Å². The van der Waals surface area contributed by atoms with Gasteiger partial charge in [-0.2, -0.15) is 5.10 Å². The molecule has 1 aliphatic rings. The van der Waals surface area contributed by atoms with E-state index in [2.05, 4.69) is 48.1 Å². The van der Waals surface area contributed by atoms with Crippen LogP contribution in [0.25, 0.3) is 20.2 Å². The molecular weight excluding hydrogens is 420 g/mol. The molecular formula is C25H26N4O2S. The van der Waals surface area contributed by atoms with Crippen LogP contribution >= 0.6 is 11.3 Å². The molecule has 6 nitrogen and oxygen atoms in total. The topological polar surface area (TPSA) is 58.4 Å². The summed E-state index contributed by atoms with van der Waals surface area (Å²) in [7, 11) is 0. The highest BCUT2D eigenvalue weighted by Gasteiger charge is 2.27. The number of piperazine rings is 1. The highest BCUT2D eigenvalue weighted by atomic mass is 32.1. The van der Waals surface area contributed by atoms with E-state index in [1.165, 1.54) is 15.9 Å². The first-order valence-corrected chi connectivity index (χ1v) is 11.7. The Morgan fingerprint density at radius 2 is 1.94 bits per heavy atom. The summed E-state index contributed by atoms with van der Waals surface area (Å²) in [5.41, 5.74) is 3.01. The second-order valence-corrected chi connectivity index (χ2v) is 9.62. The van der Waals surface area contributed by atoms with Crippen LogP contribution in [0.2, 0.25) is 0 Å². The maximum Gasteiger partial charge on any atom is 0.276 e. The number of nitrogens with zero attached hydrogens (tertiary/aromatic N) is 4. The monoisotopic (exact) mass is 446 g/mol. The zero-order chi connectivity index (χ0) is 22.4. The van der Waals surface area contributed by atoms with Crippen molar-refractivity contribution in [1.82, 2.24) is 14.7 Å². The first-order chi connectivity index (χ1) is 15.4. The molecule has 0 radical (unpaired) electrons. The lowest BCUT2D eigenvalue weighted by molar-refractivity contribution is -0.132. The van der Waals surface area contributed by atoms with Crippen LogP contribution < -0.4 is 10.5 Å². The summed E-state index contributed by atoms with van der Waals surface area (Å²) in [6, 6.07) is 16.6. The van der Waals surface area contributed by atoms with Gasteiger partial charge in [0.05, 0.1) is 15.8 Å². The van der Waals surface area contributed by atoms with Crippen molar-refractivity contribution in [3.05, 3.63) is 70.1 Å². The molecule has 1 amide bonds. The standard InChI is InChI=1S/C25H26N4O2S/c1-16-7-6-8-19(13-16)28-12-11-27(14-17(28)2)22(30)15-29-25(31)23-20-9-4-5-10-21(20)32-24(23)18(3)26-29/h4-10,13,17H,11-12,14-15H2,1-3H3. The predicted octanol–water partition coefficient (Wildman–Crippen LogP) is 3.97. The molecule has 1 fully saturated rings. The van der Waals surface area contributed by atoms with Crippen molar-refractivity contribution >= 4 is 43.1 Å². The Morgan fingerprint density at radius 1 is 1.12 bits per heavy atom. The van der Waals surface area contributed by atoms with Crippen LogP contribution in [-0.2, 0) is 11.3 Å². The van der Waals surface area contributed by atoms with Gasteiger partial charge >= 0.3 is 0 Å². The Morgan fingerprint density at radius 3 is 2.72 bits per heavy atom. The molecule has 1 saturated heterocycles. The van der Waals surface area contributed by atoms with Gasteiger partial charge in [-0.25, -0.2) is 4.68 Å². The van der Waals surface area contributed by atoms with Gasteiger partial charge in [0, 0.05) is 41.4 Å².